The summed E-state index contributed by atoms with van der Waals surface area (Å²) in [4.78, 5) is 57.4. The fourth-order valence-corrected chi connectivity index (χ4v) is 6.49. The van der Waals surface area contributed by atoms with Crippen LogP contribution in [0.5, 0.6) is 0 Å². The Bertz CT molecular complexity index is 924. The van der Waals surface area contributed by atoms with Crippen molar-refractivity contribution < 1.29 is 28.7 Å². The second-order valence-corrected chi connectivity index (χ2v) is 13.3. The first-order chi connectivity index (χ1) is 19.0. The molecule has 240 valence electrons. The number of hydrogen-bond acceptors (Lipinski definition) is 12. The molecule has 0 atom stereocenters. The third-order valence-electron chi connectivity index (χ3n) is 6.03. The number of amides is 2. The molecule has 0 spiro atoms. The maximum Gasteiger partial charge on any atom is 0.305 e. The van der Waals surface area contributed by atoms with Crippen molar-refractivity contribution in [1.29, 1.82) is 0 Å². The van der Waals surface area contributed by atoms with Crippen LogP contribution in [0, 0.1) is 0 Å². The molecule has 42 heavy (non-hydrogen) atoms. The number of esters is 2. The van der Waals surface area contributed by atoms with E-state index in [0.29, 0.717) is 96.4 Å². The van der Waals surface area contributed by atoms with Crippen LogP contribution < -0.4 is 0 Å². The number of thioether (sulfide) groups is 2. The van der Waals surface area contributed by atoms with E-state index in [0.717, 1.165) is 36.4 Å². The molecule has 10 nitrogen and oxygen atoms in total. The Labute approximate surface area is 280 Å². The molecule has 2 aliphatic heterocycles. The van der Waals surface area contributed by atoms with E-state index in [2.05, 4.69) is 0 Å². The number of carbonyl (C=O) groups excluding carboxylic acids is 4. The SMILES string of the molecule is CN(C)CCOC(=O)CCCCCN1C(=O)C(=C2SC(=S)N(CCCCCC(=O)OCCN(C)C)C2=O)SC1=S.Cl.Cl. The number of thiocarbonyl (C=S) groups is 2. The summed E-state index contributed by atoms with van der Waals surface area (Å²) in [6.45, 7) is 3.00. The first-order valence-corrected chi connectivity index (χ1v) is 15.9. The molecule has 0 aliphatic carbocycles. The molecule has 0 radical (unpaired) electrons. The topological polar surface area (TPSA) is 99.7 Å². The van der Waals surface area contributed by atoms with Gasteiger partial charge in [-0.15, -0.1) is 24.8 Å². The van der Waals surface area contributed by atoms with Crippen molar-refractivity contribution in [3.63, 3.8) is 0 Å². The molecule has 0 aromatic carbocycles. The Morgan fingerprint density at radius 2 is 1.02 bits per heavy atom. The first kappa shape index (κ1) is 41.0. The fourth-order valence-electron chi connectivity index (χ4n) is 3.72. The molecule has 0 saturated carbocycles. The second-order valence-electron chi connectivity index (χ2n) is 9.98. The van der Waals surface area contributed by atoms with E-state index in [1.54, 1.807) is 0 Å². The van der Waals surface area contributed by atoms with Crippen LogP contribution in [0.2, 0.25) is 0 Å². The number of hydrogen-bond donors (Lipinski definition) is 0. The number of nitrogens with zero attached hydrogens (tertiary/aromatic N) is 4. The van der Waals surface area contributed by atoms with Crippen molar-refractivity contribution in [2.45, 2.75) is 51.4 Å². The maximum atomic E-state index is 13.1. The van der Waals surface area contributed by atoms with Crippen LogP contribution in [0.1, 0.15) is 51.4 Å². The maximum absolute atomic E-state index is 13.1. The van der Waals surface area contributed by atoms with Crippen LogP contribution in [0.25, 0.3) is 0 Å². The first-order valence-electron chi connectivity index (χ1n) is 13.4. The van der Waals surface area contributed by atoms with Gasteiger partial charge in [-0.25, -0.2) is 0 Å². The predicted molar refractivity (Wildman–Crippen MR) is 181 cm³/mol. The Morgan fingerprint density at radius 3 is 1.36 bits per heavy atom. The van der Waals surface area contributed by atoms with Crippen LogP contribution in [-0.4, -0.2) is 120 Å². The highest BCUT2D eigenvalue weighted by molar-refractivity contribution is 8.29. The van der Waals surface area contributed by atoms with Gasteiger partial charge < -0.3 is 19.3 Å². The molecular weight excluding hydrogens is 663 g/mol. The van der Waals surface area contributed by atoms with Gasteiger partial charge in [-0.1, -0.05) is 60.8 Å². The Morgan fingerprint density at radius 1 is 0.667 bits per heavy atom. The molecular formula is C26H42Cl2N4O6S4. The summed E-state index contributed by atoms with van der Waals surface area (Å²) < 4.78 is 11.2. The largest absolute Gasteiger partial charge is 0.464 e. The summed E-state index contributed by atoms with van der Waals surface area (Å²) in [6, 6.07) is 0. The Balaban J connectivity index is 0.00000840. The molecule has 0 N–H and O–H groups in total. The lowest BCUT2D eigenvalue weighted by atomic mass is 10.2. The van der Waals surface area contributed by atoms with Crippen LogP contribution in [-0.2, 0) is 28.7 Å². The smallest absolute Gasteiger partial charge is 0.305 e. The van der Waals surface area contributed by atoms with Gasteiger partial charge in [-0.05, 0) is 53.9 Å². The van der Waals surface area contributed by atoms with Crippen LogP contribution in [0.15, 0.2) is 9.81 Å². The molecule has 2 fully saturated rings. The normalized spacial score (nSPS) is 16.8. The lowest BCUT2D eigenvalue weighted by Gasteiger charge is -2.14. The number of ether oxygens (including phenoxy) is 2. The second kappa shape index (κ2) is 21.7. The molecule has 2 amide bonds. The average molecular weight is 706 g/mol. The van der Waals surface area contributed by atoms with Gasteiger partial charge in [0, 0.05) is 39.0 Å². The highest BCUT2D eigenvalue weighted by Gasteiger charge is 2.41. The molecule has 0 aromatic rings. The van der Waals surface area contributed by atoms with Crippen molar-refractivity contribution in [1.82, 2.24) is 19.6 Å². The molecule has 2 saturated heterocycles. The minimum atomic E-state index is -0.272. The van der Waals surface area contributed by atoms with Gasteiger partial charge in [0.2, 0.25) is 0 Å². The summed E-state index contributed by atoms with van der Waals surface area (Å²) in [5.74, 6) is -0.974. The monoisotopic (exact) mass is 704 g/mol. The van der Waals surface area contributed by atoms with Crippen LogP contribution in [0.3, 0.4) is 0 Å². The van der Waals surface area contributed by atoms with Gasteiger partial charge in [0.05, 0.1) is 9.81 Å². The minimum Gasteiger partial charge on any atom is -0.464 e. The van der Waals surface area contributed by atoms with Gasteiger partial charge in [0.1, 0.15) is 21.9 Å². The third-order valence-corrected chi connectivity index (χ3v) is 9.06. The lowest BCUT2D eigenvalue weighted by molar-refractivity contribution is -0.145. The number of carbonyl (C=O) groups is 4. The van der Waals surface area contributed by atoms with E-state index in [1.165, 1.54) is 9.80 Å². The van der Waals surface area contributed by atoms with Crippen molar-refractivity contribution in [3.05, 3.63) is 9.81 Å². The summed E-state index contributed by atoms with van der Waals surface area (Å²) >= 11 is 13.1. The zero-order valence-corrected chi connectivity index (χ0v) is 29.5. The van der Waals surface area contributed by atoms with Crippen molar-refractivity contribution in [3.8, 4) is 0 Å². The minimum absolute atomic E-state index is 0. The molecule has 2 aliphatic rings. The summed E-state index contributed by atoms with van der Waals surface area (Å²) in [6.07, 6.45) is 4.92. The van der Waals surface area contributed by atoms with Crippen molar-refractivity contribution in [2.24, 2.45) is 0 Å². The highest BCUT2D eigenvalue weighted by atomic mass is 35.5. The zero-order chi connectivity index (χ0) is 29.7. The standard InChI is InChI=1S/C26H40N4O6S4.2ClH/c1-27(2)15-17-35-19(31)11-7-5-9-13-29-23(33)21(39-25(29)37)22-24(34)30(26(38)40-22)14-10-6-8-12-20(32)36-18-16-28(3)4;;/h5-18H2,1-4H3;2*1H. The fraction of sp³-hybridized carbons (Fsp3) is 0.692. The van der Waals surface area contributed by atoms with E-state index >= 15 is 0 Å². The number of unbranched alkanes of at least 4 members (excludes halogenated alkanes) is 4. The molecule has 2 heterocycles. The summed E-state index contributed by atoms with van der Waals surface area (Å²) in [7, 11) is 7.68. The zero-order valence-electron chi connectivity index (χ0n) is 24.6. The van der Waals surface area contributed by atoms with Gasteiger partial charge in [-0.2, -0.15) is 0 Å². The number of likely N-dealkylation sites (N-methyl/N-ethyl adjacent to an activating group) is 2. The molecule has 0 unspecified atom stereocenters. The number of halogens is 2. The van der Waals surface area contributed by atoms with Crippen LogP contribution in [0.4, 0.5) is 0 Å². The van der Waals surface area contributed by atoms with E-state index in [4.69, 9.17) is 33.9 Å². The predicted octanol–water partition coefficient (Wildman–Crippen LogP) is 4.09. The Hall–Kier alpha value is -1.000. The Kier molecular flexibility index (Phi) is 21.1. The summed E-state index contributed by atoms with van der Waals surface area (Å²) in [5, 5.41) is 0. The van der Waals surface area contributed by atoms with E-state index in [1.807, 2.05) is 38.0 Å². The summed E-state index contributed by atoms with van der Waals surface area (Å²) in [5.41, 5.74) is 0. The molecule has 2 rings (SSSR count). The molecule has 0 aromatic heterocycles. The van der Waals surface area contributed by atoms with Gasteiger partial charge in [0.15, 0.2) is 0 Å². The van der Waals surface area contributed by atoms with E-state index in [-0.39, 0.29) is 48.6 Å². The quantitative estimate of drug-likeness (QED) is 0.0890. The molecule has 16 heteroatoms. The molecule has 0 bridgehead atoms. The van der Waals surface area contributed by atoms with Gasteiger partial charge in [-0.3, -0.25) is 29.0 Å². The van der Waals surface area contributed by atoms with Crippen molar-refractivity contribution >= 4 is 105 Å². The van der Waals surface area contributed by atoms with Gasteiger partial charge in [0.25, 0.3) is 11.8 Å². The van der Waals surface area contributed by atoms with Crippen LogP contribution >= 0.6 is 72.8 Å². The van der Waals surface area contributed by atoms with E-state index < -0.39 is 0 Å². The van der Waals surface area contributed by atoms with E-state index in [9.17, 15) is 19.2 Å². The van der Waals surface area contributed by atoms with Gasteiger partial charge >= 0.3 is 11.9 Å². The number of rotatable bonds is 18. The van der Waals surface area contributed by atoms with Crippen molar-refractivity contribution in [2.75, 3.05) is 67.6 Å². The lowest BCUT2D eigenvalue weighted by Crippen LogP contribution is -2.31. The third kappa shape index (κ3) is 14.2. The average Bonchev–Trinajstić information content (AvgIpc) is 3.32. The highest BCUT2D eigenvalue weighted by Crippen LogP contribution is 2.42.